The van der Waals surface area contributed by atoms with E-state index in [9.17, 15) is 4.39 Å². The van der Waals surface area contributed by atoms with Gasteiger partial charge in [-0.1, -0.05) is 35.9 Å². The van der Waals surface area contributed by atoms with E-state index in [1.165, 1.54) is 6.07 Å². The Morgan fingerprint density at radius 3 is 2.58 bits per heavy atom. The van der Waals surface area contributed by atoms with Gasteiger partial charge in [-0.2, -0.15) is 0 Å². The number of hydrogen-bond donors (Lipinski definition) is 1. The first-order valence-corrected chi connectivity index (χ1v) is 6.37. The summed E-state index contributed by atoms with van der Waals surface area (Å²) in [7, 11) is 1.81. The molecule has 2 aromatic rings. The number of rotatable bonds is 5. The number of para-hydroxylation sites is 1. The van der Waals surface area contributed by atoms with Gasteiger partial charge >= 0.3 is 0 Å². The molecule has 0 fully saturated rings. The van der Waals surface area contributed by atoms with Crippen LogP contribution in [0.15, 0.2) is 42.5 Å². The van der Waals surface area contributed by atoms with Crippen molar-refractivity contribution in [1.82, 2.24) is 5.32 Å². The van der Waals surface area contributed by atoms with Crippen molar-refractivity contribution in [3.05, 3.63) is 64.4 Å². The highest BCUT2D eigenvalue weighted by Crippen LogP contribution is 2.24. The van der Waals surface area contributed by atoms with Crippen LogP contribution in [0.25, 0.3) is 0 Å². The van der Waals surface area contributed by atoms with E-state index in [4.69, 9.17) is 16.3 Å². The van der Waals surface area contributed by atoms with Crippen molar-refractivity contribution in [2.45, 2.75) is 13.2 Å². The van der Waals surface area contributed by atoms with E-state index < -0.39 is 0 Å². The minimum atomic E-state index is -0.346. The highest BCUT2D eigenvalue weighted by Gasteiger charge is 2.09. The molecule has 100 valence electrons. The van der Waals surface area contributed by atoms with E-state index in [1.807, 2.05) is 25.2 Å². The lowest BCUT2D eigenvalue weighted by atomic mass is 10.2. The molecule has 0 radical (unpaired) electrons. The number of hydrogen-bond acceptors (Lipinski definition) is 2. The molecule has 0 aliphatic heterocycles. The molecule has 19 heavy (non-hydrogen) atoms. The normalized spacial score (nSPS) is 10.5. The molecule has 4 heteroatoms. The molecule has 2 aromatic carbocycles. The van der Waals surface area contributed by atoms with Crippen molar-refractivity contribution >= 4 is 11.6 Å². The smallest absolute Gasteiger partial charge is 0.165 e. The van der Waals surface area contributed by atoms with Gasteiger partial charge in [0.2, 0.25) is 0 Å². The third-order valence-corrected chi connectivity index (χ3v) is 2.96. The average Bonchev–Trinajstić information content (AvgIpc) is 2.40. The third-order valence-electron chi connectivity index (χ3n) is 2.71. The number of nitrogens with one attached hydrogen (secondary N) is 1. The van der Waals surface area contributed by atoms with Gasteiger partial charge in [0.25, 0.3) is 0 Å². The first-order valence-electron chi connectivity index (χ1n) is 6.00. The molecule has 0 unspecified atom stereocenters. The third kappa shape index (κ3) is 3.69. The predicted molar refractivity (Wildman–Crippen MR) is 74.9 cm³/mol. The molecule has 0 saturated heterocycles. The van der Waals surface area contributed by atoms with E-state index in [0.29, 0.717) is 23.9 Å². The predicted octanol–water partition coefficient (Wildman–Crippen LogP) is 3.78. The summed E-state index contributed by atoms with van der Waals surface area (Å²) in [6, 6.07) is 12.2. The van der Waals surface area contributed by atoms with Crippen LogP contribution in [0.2, 0.25) is 5.02 Å². The van der Waals surface area contributed by atoms with Crippen molar-refractivity contribution in [1.29, 1.82) is 0 Å². The first-order chi connectivity index (χ1) is 9.20. The van der Waals surface area contributed by atoms with Crippen LogP contribution in [0.5, 0.6) is 5.75 Å². The molecule has 0 aliphatic rings. The van der Waals surface area contributed by atoms with Crippen molar-refractivity contribution in [3.8, 4) is 5.75 Å². The van der Waals surface area contributed by atoms with Crippen molar-refractivity contribution < 1.29 is 9.13 Å². The molecule has 0 amide bonds. The van der Waals surface area contributed by atoms with E-state index in [1.54, 1.807) is 18.2 Å². The highest BCUT2D eigenvalue weighted by atomic mass is 35.5. The van der Waals surface area contributed by atoms with Crippen molar-refractivity contribution in [2.75, 3.05) is 7.05 Å². The summed E-state index contributed by atoms with van der Waals surface area (Å²) in [4.78, 5) is 0. The summed E-state index contributed by atoms with van der Waals surface area (Å²) in [5.74, 6) is -0.0477. The summed E-state index contributed by atoms with van der Waals surface area (Å²) in [5.41, 5.74) is 1.75. The Bertz CT molecular complexity index is 542. The molecule has 1 N–H and O–H groups in total. The minimum absolute atomic E-state index is 0.298. The van der Waals surface area contributed by atoms with Gasteiger partial charge in [0.15, 0.2) is 11.6 Å². The Balaban J connectivity index is 2.12. The molecule has 0 bridgehead atoms. The van der Waals surface area contributed by atoms with E-state index >= 15 is 0 Å². The second-order valence-corrected chi connectivity index (χ2v) is 4.61. The zero-order valence-corrected chi connectivity index (χ0v) is 11.4. The van der Waals surface area contributed by atoms with Crippen LogP contribution in [0.4, 0.5) is 4.39 Å². The lowest BCUT2D eigenvalue weighted by Crippen LogP contribution is -2.08. The summed E-state index contributed by atoms with van der Waals surface area (Å²) in [5, 5.41) is 3.66. The van der Waals surface area contributed by atoms with E-state index in [-0.39, 0.29) is 5.82 Å². The largest absolute Gasteiger partial charge is 0.485 e. The van der Waals surface area contributed by atoms with Gasteiger partial charge in [-0.15, -0.1) is 0 Å². The lowest BCUT2D eigenvalue weighted by Gasteiger charge is -2.12. The van der Waals surface area contributed by atoms with Crippen LogP contribution in [0, 0.1) is 5.82 Å². The van der Waals surface area contributed by atoms with Crippen LogP contribution in [0.3, 0.4) is 0 Å². The van der Waals surface area contributed by atoms with Gasteiger partial charge in [-0.05, 0) is 30.8 Å². The number of ether oxygens (including phenoxy) is 1. The Hall–Kier alpha value is -1.58. The molecular weight excluding hydrogens is 265 g/mol. The molecule has 0 spiro atoms. The van der Waals surface area contributed by atoms with E-state index in [2.05, 4.69) is 5.32 Å². The van der Waals surface area contributed by atoms with Crippen LogP contribution < -0.4 is 10.1 Å². The number of halogens is 2. The van der Waals surface area contributed by atoms with Gasteiger partial charge in [0.1, 0.15) is 6.61 Å². The van der Waals surface area contributed by atoms with Crippen LogP contribution in [-0.2, 0) is 13.2 Å². The van der Waals surface area contributed by atoms with Gasteiger partial charge in [-0.3, -0.25) is 0 Å². The molecule has 0 heterocycles. The lowest BCUT2D eigenvalue weighted by molar-refractivity contribution is 0.286. The van der Waals surface area contributed by atoms with Crippen LogP contribution >= 0.6 is 11.6 Å². The van der Waals surface area contributed by atoms with Gasteiger partial charge in [0.05, 0.1) is 0 Å². The fourth-order valence-electron chi connectivity index (χ4n) is 1.78. The van der Waals surface area contributed by atoms with Crippen LogP contribution in [-0.4, -0.2) is 7.05 Å². The van der Waals surface area contributed by atoms with E-state index in [0.717, 1.165) is 11.1 Å². The first kappa shape index (κ1) is 13.8. The second-order valence-electron chi connectivity index (χ2n) is 4.17. The number of benzene rings is 2. The maximum absolute atomic E-state index is 13.8. The maximum Gasteiger partial charge on any atom is 0.165 e. The SMILES string of the molecule is CNCc1cccc(F)c1OCc1ccc(Cl)cc1. The fraction of sp³-hybridized carbons (Fsp3) is 0.200. The van der Waals surface area contributed by atoms with Gasteiger partial charge < -0.3 is 10.1 Å². The Labute approximate surface area is 117 Å². The molecule has 0 aromatic heterocycles. The summed E-state index contributed by atoms with van der Waals surface area (Å²) >= 11 is 5.81. The topological polar surface area (TPSA) is 21.3 Å². The molecule has 2 nitrogen and oxygen atoms in total. The highest BCUT2D eigenvalue weighted by molar-refractivity contribution is 6.30. The summed E-state index contributed by atoms with van der Waals surface area (Å²) in [6.07, 6.45) is 0. The minimum Gasteiger partial charge on any atom is -0.485 e. The standard InChI is InChI=1S/C15H15ClFNO/c1-18-9-12-3-2-4-14(17)15(12)19-10-11-5-7-13(16)8-6-11/h2-8,18H,9-10H2,1H3. The molecule has 0 atom stereocenters. The van der Waals surface area contributed by atoms with Gasteiger partial charge in [-0.25, -0.2) is 4.39 Å². The Morgan fingerprint density at radius 2 is 1.89 bits per heavy atom. The average molecular weight is 280 g/mol. The monoisotopic (exact) mass is 279 g/mol. The zero-order chi connectivity index (χ0) is 13.7. The Morgan fingerprint density at radius 1 is 1.16 bits per heavy atom. The summed E-state index contributed by atoms with van der Waals surface area (Å²) < 4.78 is 19.4. The quantitative estimate of drug-likeness (QED) is 0.899. The van der Waals surface area contributed by atoms with Crippen molar-refractivity contribution in [3.63, 3.8) is 0 Å². The molecule has 0 aliphatic carbocycles. The second kappa shape index (κ2) is 6.55. The molecular formula is C15H15ClFNO. The fourth-order valence-corrected chi connectivity index (χ4v) is 1.91. The molecule has 0 saturated carbocycles. The summed E-state index contributed by atoms with van der Waals surface area (Å²) in [6.45, 7) is 0.878. The zero-order valence-electron chi connectivity index (χ0n) is 10.6. The van der Waals surface area contributed by atoms with Crippen LogP contribution in [0.1, 0.15) is 11.1 Å². The van der Waals surface area contributed by atoms with Gasteiger partial charge in [0, 0.05) is 17.1 Å². The maximum atomic E-state index is 13.8. The molecule has 2 rings (SSSR count). The Kier molecular flexibility index (Phi) is 4.77. The van der Waals surface area contributed by atoms with Crippen molar-refractivity contribution in [2.24, 2.45) is 0 Å².